The second-order valence-electron chi connectivity index (χ2n) is 6.20. The minimum atomic E-state index is 0.270. The van der Waals surface area contributed by atoms with E-state index < -0.39 is 0 Å². The molecule has 22 heavy (non-hydrogen) atoms. The van der Waals surface area contributed by atoms with Crippen LogP contribution in [-0.2, 0) is 0 Å². The number of nitrogens with two attached hydrogens (primary N) is 1. The first-order chi connectivity index (χ1) is 10.6. The summed E-state index contributed by atoms with van der Waals surface area (Å²) in [6.07, 6.45) is 1.30. The first kappa shape index (κ1) is 15.2. The van der Waals surface area contributed by atoms with Crippen LogP contribution in [0.2, 0.25) is 0 Å². The van der Waals surface area contributed by atoms with Crippen molar-refractivity contribution in [3.05, 3.63) is 23.6 Å². The Morgan fingerprint density at radius 2 is 2.27 bits per heavy atom. The summed E-state index contributed by atoms with van der Waals surface area (Å²) in [5, 5.41) is 2.61. The van der Waals surface area contributed by atoms with Crippen LogP contribution in [0.5, 0.6) is 5.75 Å². The predicted molar refractivity (Wildman–Crippen MR) is 93.7 cm³/mol. The van der Waals surface area contributed by atoms with Crippen LogP contribution >= 0.6 is 11.3 Å². The maximum Gasteiger partial charge on any atom is 0.180 e. The van der Waals surface area contributed by atoms with Crippen molar-refractivity contribution in [1.29, 1.82) is 0 Å². The quantitative estimate of drug-likeness (QED) is 0.925. The van der Waals surface area contributed by atoms with E-state index in [0.29, 0.717) is 11.0 Å². The second-order valence-corrected chi connectivity index (χ2v) is 7.09. The van der Waals surface area contributed by atoms with Crippen LogP contribution in [0.4, 0.5) is 10.8 Å². The van der Waals surface area contributed by atoms with E-state index in [4.69, 9.17) is 10.5 Å². The summed E-state index contributed by atoms with van der Waals surface area (Å²) in [5.74, 6) is 1.59. The van der Waals surface area contributed by atoms with Gasteiger partial charge in [0.1, 0.15) is 11.9 Å². The summed E-state index contributed by atoms with van der Waals surface area (Å²) in [4.78, 5) is 6.83. The van der Waals surface area contributed by atoms with E-state index in [2.05, 4.69) is 48.9 Å². The molecule has 1 aromatic carbocycles. The monoisotopic (exact) mass is 317 g/mol. The zero-order valence-corrected chi connectivity index (χ0v) is 14.2. The average Bonchev–Trinajstić information content (AvgIpc) is 2.92. The van der Waals surface area contributed by atoms with Crippen molar-refractivity contribution in [2.24, 2.45) is 5.92 Å². The Hall–Kier alpha value is -1.75. The lowest BCUT2D eigenvalue weighted by atomic mass is 10.1. The molecular formula is C17H23N3OS. The Balaban J connectivity index is 1.97. The highest BCUT2D eigenvalue weighted by Crippen LogP contribution is 2.38. The topological polar surface area (TPSA) is 51.4 Å². The zero-order valence-electron chi connectivity index (χ0n) is 13.4. The van der Waals surface area contributed by atoms with Crippen molar-refractivity contribution in [2.75, 3.05) is 23.7 Å². The molecule has 0 fully saturated rings. The molecule has 0 bridgehead atoms. The van der Waals surface area contributed by atoms with Gasteiger partial charge in [0.15, 0.2) is 5.13 Å². The number of thiazole rings is 1. The summed E-state index contributed by atoms with van der Waals surface area (Å²) >= 11 is 1.47. The predicted octanol–water partition coefficient (Wildman–Crippen LogP) is 4.03. The van der Waals surface area contributed by atoms with Crippen LogP contribution in [-0.4, -0.2) is 24.2 Å². The molecule has 2 N–H and O–H groups in total. The normalized spacial score (nSPS) is 17.5. The fourth-order valence-corrected chi connectivity index (χ4v) is 3.40. The molecule has 3 rings (SSSR count). The smallest absolute Gasteiger partial charge is 0.180 e. The summed E-state index contributed by atoms with van der Waals surface area (Å²) in [7, 11) is 0. The lowest BCUT2D eigenvalue weighted by Gasteiger charge is -2.37. The largest absolute Gasteiger partial charge is 0.486 e. The number of nitrogen functional groups attached to an aromatic ring is 1. The van der Waals surface area contributed by atoms with E-state index in [-0.39, 0.29) is 6.10 Å². The fourth-order valence-electron chi connectivity index (χ4n) is 2.83. The average molecular weight is 317 g/mol. The van der Waals surface area contributed by atoms with Crippen molar-refractivity contribution in [2.45, 2.75) is 33.3 Å². The maximum atomic E-state index is 6.10. The fraction of sp³-hybridized carbons (Fsp3) is 0.471. The third-order valence-electron chi connectivity index (χ3n) is 3.88. The molecule has 1 aromatic heterocycles. The third-order valence-corrected chi connectivity index (χ3v) is 4.55. The molecule has 4 nitrogen and oxygen atoms in total. The highest BCUT2D eigenvalue weighted by Gasteiger charge is 2.25. The van der Waals surface area contributed by atoms with Crippen LogP contribution in [0.25, 0.3) is 11.3 Å². The molecule has 2 heterocycles. The number of nitrogens with zero attached hydrogens (tertiary/aromatic N) is 2. The van der Waals surface area contributed by atoms with E-state index in [1.54, 1.807) is 0 Å². The lowest BCUT2D eigenvalue weighted by molar-refractivity contribution is 0.188. The molecule has 1 atom stereocenters. The first-order valence-electron chi connectivity index (χ1n) is 7.83. The minimum absolute atomic E-state index is 0.270. The lowest BCUT2D eigenvalue weighted by Crippen LogP contribution is -2.41. The molecule has 0 spiro atoms. The van der Waals surface area contributed by atoms with Crippen molar-refractivity contribution < 1.29 is 4.74 Å². The number of fused-ring (bicyclic) bond motifs is 1. The van der Waals surface area contributed by atoms with Gasteiger partial charge in [-0.25, -0.2) is 4.98 Å². The molecule has 0 amide bonds. The van der Waals surface area contributed by atoms with E-state index >= 15 is 0 Å². The van der Waals surface area contributed by atoms with Crippen molar-refractivity contribution in [3.63, 3.8) is 0 Å². The van der Waals surface area contributed by atoms with Gasteiger partial charge >= 0.3 is 0 Å². The van der Waals surface area contributed by atoms with Crippen molar-refractivity contribution in [1.82, 2.24) is 4.98 Å². The minimum Gasteiger partial charge on any atom is -0.486 e. The van der Waals surface area contributed by atoms with Gasteiger partial charge in [-0.2, -0.15) is 0 Å². The summed E-state index contributed by atoms with van der Waals surface area (Å²) in [6.45, 7) is 8.66. The van der Waals surface area contributed by atoms with E-state index in [1.165, 1.54) is 17.0 Å². The molecule has 5 heteroatoms. The molecular weight excluding hydrogens is 294 g/mol. The van der Waals surface area contributed by atoms with Crippen LogP contribution in [0, 0.1) is 5.92 Å². The Kier molecular flexibility index (Phi) is 4.25. The van der Waals surface area contributed by atoms with E-state index in [0.717, 1.165) is 36.5 Å². The van der Waals surface area contributed by atoms with Crippen molar-refractivity contribution in [3.8, 4) is 17.0 Å². The molecule has 1 aliphatic heterocycles. The first-order valence-corrected chi connectivity index (χ1v) is 8.71. The molecule has 1 aliphatic rings. The SMILES string of the molecule is CCC1CN(CC(C)C)c2cc(-c3csc(N)n3)ccc2O1. The summed E-state index contributed by atoms with van der Waals surface area (Å²) in [5.41, 5.74) is 8.96. The number of anilines is 2. The standard InChI is InChI=1S/C17H23N3OS/c1-4-13-9-20(8-11(2)3)15-7-12(5-6-16(15)21-13)14-10-22-17(18)19-14/h5-7,10-11,13H,4,8-9H2,1-3H3,(H2,18,19). The van der Waals surface area contributed by atoms with Crippen LogP contribution < -0.4 is 15.4 Å². The highest BCUT2D eigenvalue weighted by atomic mass is 32.1. The highest BCUT2D eigenvalue weighted by molar-refractivity contribution is 7.13. The van der Waals surface area contributed by atoms with Crippen LogP contribution in [0.15, 0.2) is 23.6 Å². The third kappa shape index (κ3) is 3.04. The van der Waals surface area contributed by atoms with Crippen molar-refractivity contribution >= 4 is 22.2 Å². The van der Waals surface area contributed by atoms with Gasteiger partial charge in [-0.3, -0.25) is 0 Å². The zero-order chi connectivity index (χ0) is 15.7. The van der Waals surface area contributed by atoms with Gasteiger partial charge in [-0.15, -0.1) is 11.3 Å². The molecule has 0 saturated carbocycles. The molecule has 0 saturated heterocycles. The molecule has 1 unspecified atom stereocenters. The van der Waals surface area contributed by atoms with Gasteiger partial charge in [0.05, 0.1) is 17.9 Å². The van der Waals surface area contributed by atoms with Gasteiger partial charge in [0.25, 0.3) is 0 Å². The van der Waals surface area contributed by atoms with Gasteiger partial charge in [0.2, 0.25) is 0 Å². The molecule has 2 aromatic rings. The van der Waals surface area contributed by atoms with Gasteiger partial charge in [-0.05, 0) is 30.5 Å². The van der Waals surface area contributed by atoms with Crippen LogP contribution in [0.3, 0.4) is 0 Å². The summed E-state index contributed by atoms with van der Waals surface area (Å²) < 4.78 is 6.10. The molecule has 0 aliphatic carbocycles. The number of rotatable bonds is 4. The number of hydrogen-bond acceptors (Lipinski definition) is 5. The second kappa shape index (κ2) is 6.16. The maximum absolute atomic E-state index is 6.10. The van der Waals surface area contributed by atoms with Gasteiger partial charge < -0.3 is 15.4 Å². The number of hydrogen-bond donors (Lipinski definition) is 1. The number of benzene rings is 1. The Labute approximate surface area is 135 Å². The van der Waals surface area contributed by atoms with E-state index in [9.17, 15) is 0 Å². The van der Waals surface area contributed by atoms with Crippen LogP contribution in [0.1, 0.15) is 27.2 Å². The molecule has 0 radical (unpaired) electrons. The van der Waals surface area contributed by atoms with Gasteiger partial charge in [-0.1, -0.05) is 20.8 Å². The Morgan fingerprint density at radius 1 is 1.45 bits per heavy atom. The van der Waals surface area contributed by atoms with E-state index in [1.807, 2.05) is 5.38 Å². The Bertz CT molecular complexity index is 653. The van der Waals surface area contributed by atoms with Gasteiger partial charge in [0, 0.05) is 17.5 Å². The Morgan fingerprint density at radius 3 is 2.91 bits per heavy atom. The number of aromatic nitrogens is 1. The summed E-state index contributed by atoms with van der Waals surface area (Å²) in [6, 6.07) is 6.31. The number of ether oxygens (including phenoxy) is 1. The molecule has 118 valence electrons.